The Balaban J connectivity index is 2.37. The molecule has 4 heteroatoms. The van der Waals surface area contributed by atoms with Gasteiger partial charge < -0.3 is 10.1 Å². The number of hydrogen-bond donors (Lipinski definition) is 1. The van der Waals surface area contributed by atoms with Crippen molar-refractivity contribution < 1.29 is 9.53 Å². The Morgan fingerprint density at radius 3 is 2.45 bits per heavy atom. The molecule has 1 atom stereocenters. The van der Waals surface area contributed by atoms with Gasteiger partial charge in [0.15, 0.2) is 0 Å². The molecule has 1 aliphatic rings. The molecule has 0 aromatic heterocycles. The first kappa shape index (κ1) is 15.0. The zero-order valence-corrected chi connectivity index (χ0v) is 12.6. The van der Waals surface area contributed by atoms with Gasteiger partial charge in [0.2, 0.25) is 0 Å². The summed E-state index contributed by atoms with van der Waals surface area (Å²) < 4.78 is 5.32. The minimum atomic E-state index is -0.279. The molecular weight excluding hydrogens is 252 g/mol. The number of benzene rings is 1. The second-order valence-corrected chi connectivity index (χ2v) is 5.25. The van der Waals surface area contributed by atoms with Crippen LogP contribution >= 0.6 is 0 Å². The van der Waals surface area contributed by atoms with Crippen LogP contribution in [0.5, 0.6) is 0 Å². The van der Waals surface area contributed by atoms with Crippen molar-refractivity contribution in [1.82, 2.24) is 10.2 Å². The van der Waals surface area contributed by atoms with E-state index in [0.717, 1.165) is 42.9 Å². The third-order valence-corrected chi connectivity index (χ3v) is 3.84. The molecule has 0 bridgehead atoms. The van der Waals surface area contributed by atoms with Gasteiger partial charge >= 0.3 is 5.97 Å². The van der Waals surface area contributed by atoms with Crippen molar-refractivity contribution in [1.29, 1.82) is 0 Å². The molecule has 1 aromatic carbocycles. The molecule has 0 radical (unpaired) electrons. The number of carbonyl (C=O) groups is 1. The second kappa shape index (κ2) is 6.86. The van der Waals surface area contributed by atoms with Crippen molar-refractivity contribution in [3.63, 3.8) is 0 Å². The number of hydrogen-bond acceptors (Lipinski definition) is 4. The Labute approximate surface area is 121 Å². The average Bonchev–Trinajstić information content (AvgIpc) is 2.44. The molecule has 1 saturated heterocycles. The number of rotatable bonds is 4. The Morgan fingerprint density at radius 1 is 1.30 bits per heavy atom. The molecule has 1 unspecified atom stereocenters. The molecule has 0 saturated carbocycles. The zero-order valence-electron chi connectivity index (χ0n) is 12.6. The number of nitrogens with one attached hydrogen (secondary N) is 1. The molecule has 110 valence electrons. The molecule has 1 aliphatic heterocycles. The molecule has 0 spiro atoms. The van der Waals surface area contributed by atoms with Gasteiger partial charge in [-0.2, -0.15) is 0 Å². The van der Waals surface area contributed by atoms with E-state index in [0.29, 0.717) is 6.61 Å². The van der Waals surface area contributed by atoms with E-state index in [1.807, 2.05) is 13.0 Å². The van der Waals surface area contributed by atoms with Crippen molar-refractivity contribution >= 4 is 5.97 Å². The number of ether oxygens (including phenoxy) is 1. The highest BCUT2D eigenvalue weighted by Crippen LogP contribution is 2.28. The van der Waals surface area contributed by atoms with Gasteiger partial charge in [-0.1, -0.05) is 18.2 Å². The number of aryl methyl sites for hydroxylation is 2. The van der Waals surface area contributed by atoms with Crippen molar-refractivity contribution in [3.8, 4) is 0 Å². The standard InChI is InChI=1S/C16H24N2O2/c1-4-20-16(19)15(18-10-8-17-9-11-18)14-12(2)6-5-7-13(14)3/h5-7,15,17H,4,8-11H2,1-3H3. The van der Waals surface area contributed by atoms with Gasteiger partial charge in [0.25, 0.3) is 0 Å². The minimum Gasteiger partial charge on any atom is -0.465 e. The summed E-state index contributed by atoms with van der Waals surface area (Å²) in [5, 5.41) is 3.33. The summed E-state index contributed by atoms with van der Waals surface area (Å²) in [6.45, 7) is 9.99. The predicted octanol–water partition coefficient (Wildman–Crippen LogP) is 1.81. The summed E-state index contributed by atoms with van der Waals surface area (Å²) in [5.74, 6) is -0.133. The zero-order chi connectivity index (χ0) is 14.5. The molecule has 1 fully saturated rings. The first-order chi connectivity index (χ1) is 9.65. The second-order valence-electron chi connectivity index (χ2n) is 5.25. The van der Waals surface area contributed by atoms with Crippen LogP contribution in [0, 0.1) is 13.8 Å². The van der Waals surface area contributed by atoms with Gasteiger partial charge in [-0.05, 0) is 37.5 Å². The van der Waals surface area contributed by atoms with Gasteiger partial charge in [-0.3, -0.25) is 4.90 Å². The maximum Gasteiger partial charge on any atom is 0.328 e. The van der Waals surface area contributed by atoms with Crippen LogP contribution in [-0.4, -0.2) is 43.7 Å². The van der Waals surface area contributed by atoms with E-state index in [4.69, 9.17) is 4.74 Å². The molecule has 0 amide bonds. The summed E-state index contributed by atoms with van der Waals surface area (Å²) in [7, 11) is 0. The smallest absolute Gasteiger partial charge is 0.328 e. The number of nitrogens with zero attached hydrogens (tertiary/aromatic N) is 1. The lowest BCUT2D eigenvalue weighted by molar-refractivity contribution is -0.150. The fourth-order valence-corrected chi connectivity index (χ4v) is 2.87. The molecule has 1 N–H and O–H groups in total. The largest absolute Gasteiger partial charge is 0.465 e. The van der Waals surface area contributed by atoms with Crippen LogP contribution < -0.4 is 5.32 Å². The maximum absolute atomic E-state index is 12.5. The van der Waals surface area contributed by atoms with Crippen molar-refractivity contribution in [2.75, 3.05) is 32.8 Å². The molecule has 0 aliphatic carbocycles. The van der Waals surface area contributed by atoms with E-state index in [1.165, 1.54) is 0 Å². The molecule has 20 heavy (non-hydrogen) atoms. The van der Waals surface area contributed by atoms with Crippen LogP contribution in [0.3, 0.4) is 0 Å². The third kappa shape index (κ3) is 3.19. The SMILES string of the molecule is CCOC(=O)C(c1c(C)cccc1C)N1CCNCC1. The minimum absolute atomic E-state index is 0.133. The first-order valence-corrected chi connectivity index (χ1v) is 7.32. The summed E-state index contributed by atoms with van der Waals surface area (Å²) >= 11 is 0. The van der Waals surface area contributed by atoms with Crippen LogP contribution in [0.1, 0.15) is 29.7 Å². The van der Waals surface area contributed by atoms with E-state index < -0.39 is 0 Å². The van der Waals surface area contributed by atoms with E-state index >= 15 is 0 Å². The first-order valence-electron chi connectivity index (χ1n) is 7.32. The fourth-order valence-electron chi connectivity index (χ4n) is 2.87. The Morgan fingerprint density at radius 2 is 1.90 bits per heavy atom. The van der Waals surface area contributed by atoms with E-state index in [2.05, 4.69) is 36.2 Å². The summed E-state index contributed by atoms with van der Waals surface area (Å²) in [4.78, 5) is 14.7. The quantitative estimate of drug-likeness (QED) is 0.852. The summed E-state index contributed by atoms with van der Waals surface area (Å²) in [6, 6.07) is 5.89. The highest BCUT2D eigenvalue weighted by molar-refractivity contribution is 5.78. The predicted molar refractivity (Wildman–Crippen MR) is 79.7 cm³/mol. The highest BCUT2D eigenvalue weighted by atomic mass is 16.5. The lowest BCUT2D eigenvalue weighted by Gasteiger charge is -2.35. The van der Waals surface area contributed by atoms with Gasteiger partial charge in [-0.25, -0.2) is 4.79 Å². The van der Waals surface area contributed by atoms with Crippen molar-refractivity contribution in [2.45, 2.75) is 26.8 Å². The van der Waals surface area contributed by atoms with Gasteiger partial charge in [0, 0.05) is 26.2 Å². The van der Waals surface area contributed by atoms with Crippen molar-refractivity contribution in [3.05, 3.63) is 34.9 Å². The normalized spacial score (nSPS) is 17.8. The van der Waals surface area contributed by atoms with Crippen LogP contribution in [0.15, 0.2) is 18.2 Å². The lowest BCUT2D eigenvalue weighted by Crippen LogP contribution is -2.47. The molecule has 1 heterocycles. The topological polar surface area (TPSA) is 41.6 Å². The summed E-state index contributed by atoms with van der Waals surface area (Å²) in [6.07, 6.45) is 0. The van der Waals surface area contributed by atoms with Crippen molar-refractivity contribution in [2.24, 2.45) is 0 Å². The number of esters is 1. The highest BCUT2D eigenvalue weighted by Gasteiger charge is 2.31. The van der Waals surface area contributed by atoms with Gasteiger partial charge in [0.1, 0.15) is 6.04 Å². The Bertz CT molecular complexity index is 447. The fraction of sp³-hybridized carbons (Fsp3) is 0.562. The van der Waals surface area contributed by atoms with E-state index in [1.54, 1.807) is 0 Å². The molecule has 4 nitrogen and oxygen atoms in total. The van der Waals surface area contributed by atoms with E-state index in [9.17, 15) is 4.79 Å². The molecule has 1 aromatic rings. The van der Waals surface area contributed by atoms with Crippen LogP contribution in [0.4, 0.5) is 0 Å². The van der Waals surface area contributed by atoms with E-state index in [-0.39, 0.29) is 12.0 Å². The summed E-state index contributed by atoms with van der Waals surface area (Å²) in [5.41, 5.74) is 3.41. The third-order valence-electron chi connectivity index (χ3n) is 3.84. The molecular formula is C16H24N2O2. The maximum atomic E-state index is 12.5. The number of carbonyl (C=O) groups excluding carboxylic acids is 1. The van der Waals surface area contributed by atoms with Gasteiger partial charge in [-0.15, -0.1) is 0 Å². The van der Waals surface area contributed by atoms with Gasteiger partial charge in [0.05, 0.1) is 6.61 Å². The van der Waals surface area contributed by atoms with Crippen LogP contribution in [0.2, 0.25) is 0 Å². The van der Waals surface area contributed by atoms with Crippen LogP contribution in [0.25, 0.3) is 0 Å². The molecule has 2 rings (SSSR count). The lowest BCUT2D eigenvalue weighted by atomic mass is 9.94. The van der Waals surface area contributed by atoms with Crippen LogP contribution in [-0.2, 0) is 9.53 Å². The Kier molecular flexibility index (Phi) is 5.15. The Hall–Kier alpha value is -1.39. The monoisotopic (exact) mass is 276 g/mol. The average molecular weight is 276 g/mol. The number of piperazine rings is 1.